The number of hydrogen-bond donors (Lipinski definition) is 2. The molecule has 1 atom stereocenters. The number of benzene rings is 1. The van der Waals surface area contributed by atoms with Crippen LogP contribution in [-0.4, -0.2) is 23.7 Å². The van der Waals surface area contributed by atoms with Crippen LogP contribution in [0.2, 0.25) is 0 Å². The molecule has 2 N–H and O–H groups in total. The van der Waals surface area contributed by atoms with E-state index in [0.717, 1.165) is 10.0 Å². The minimum Gasteiger partial charge on any atom is -0.273 e. The monoisotopic (exact) mass is 376 g/mol. The largest absolute Gasteiger partial charge is 0.273 e. The minimum absolute atomic E-state index is 0.160. The Labute approximate surface area is 142 Å². The highest BCUT2D eigenvalue weighted by molar-refractivity contribution is 9.12. The first-order chi connectivity index (χ1) is 11.1. The Morgan fingerprint density at radius 1 is 1.43 bits per heavy atom. The van der Waals surface area contributed by atoms with Gasteiger partial charge in [0, 0.05) is 16.6 Å². The molecule has 1 heterocycles. The van der Waals surface area contributed by atoms with E-state index in [9.17, 15) is 9.59 Å². The summed E-state index contributed by atoms with van der Waals surface area (Å²) < 4.78 is 0.738. The lowest BCUT2D eigenvalue weighted by Crippen LogP contribution is -2.25. The van der Waals surface area contributed by atoms with Gasteiger partial charge in [-0.05, 0) is 40.9 Å². The maximum atomic E-state index is 11.7. The Morgan fingerprint density at radius 3 is 2.83 bits per heavy atom. The van der Waals surface area contributed by atoms with Crippen LogP contribution in [0.25, 0.3) is 6.08 Å². The standard InChI is InChI=1S/C16H17BrN4O2/c1-11-14(16(23)21-19-11)7-8-15(22)20-18-10-13(17)9-12-5-3-2-4-6-12/h2-6,9-10,14H,7-8H2,1H3,(H,20,22)(H,21,23)/b13-9-,18-10-/t14-/m1/s1. The predicted octanol–water partition coefficient (Wildman–Crippen LogP) is 2.43. The normalized spacial score (nSPS) is 18.0. The SMILES string of the molecule is CC1=NNC(=O)[C@@H]1CCC(=O)N/N=C\C(Br)=C\c1ccccc1. The van der Waals surface area contributed by atoms with Crippen molar-refractivity contribution in [2.24, 2.45) is 16.1 Å². The first kappa shape index (κ1) is 17.1. The number of allylic oxidation sites excluding steroid dienone is 1. The van der Waals surface area contributed by atoms with Crippen molar-refractivity contribution in [1.29, 1.82) is 0 Å². The molecule has 0 bridgehead atoms. The van der Waals surface area contributed by atoms with Crippen molar-refractivity contribution >= 4 is 45.7 Å². The fourth-order valence-corrected chi connectivity index (χ4v) is 2.44. The highest BCUT2D eigenvalue weighted by Crippen LogP contribution is 2.13. The molecule has 6 nitrogen and oxygen atoms in total. The van der Waals surface area contributed by atoms with Crippen LogP contribution in [0.1, 0.15) is 25.3 Å². The number of nitrogens with one attached hydrogen (secondary N) is 2. The third-order valence-corrected chi connectivity index (χ3v) is 3.74. The molecule has 0 unspecified atom stereocenters. The van der Waals surface area contributed by atoms with E-state index in [0.29, 0.717) is 12.1 Å². The first-order valence-electron chi connectivity index (χ1n) is 7.14. The van der Waals surface area contributed by atoms with Gasteiger partial charge in [0.15, 0.2) is 0 Å². The molecule has 120 valence electrons. The zero-order valence-electron chi connectivity index (χ0n) is 12.6. The highest BCUT2D eigenvalue weighted by atomic mass is 79.9. The van der Waals surface area contributed by atoms with Crippen LogP contribution in [-0.2, 0) is 9.59 Å². The van der Waals surface area contributed by atoms with Crippen molar-refractivity contribution in [2.75, 3.05) is 0 Å². The van der Waals surface area contributed by atoms with Crippen molar-refractivity contribution in [3.05, 3.63) is 40.4 Å². The summed E-state index contributed by atoms with van der Waals surface area (Å²) in [6.07, 6.45) is 4.03. The Hall–Kier alpha value is -2.28. The number of carbonyl (C=O) groups is 2. The quantitative estimate of drug-likeness (QED) is 0.590. The van der Waals surface area contributed by atoms with E-state index in [1.807, 2.05) is 36.4 Å². The molecule has 0 spiro atoms. The van der Waals surface area contributed by atoms with Gasteiger partial charge < -0.3 is 0 Å². The lowest BCUT2D eigenvalue weighted by atomic mass is 9.99. The maximum Gasteiger partial charge on any atom is 0.248 e. The van der Waals surface area contributed by atoms with E-state index >= 15 is 0 Å². The van der Waals surface area contributed by atoms with Gasteiger partial charge in [-0.3, -0.25) is 9.59 Å². The smallest absolute Gasteiger partial charge is 0.248 e. The minimum atomic E-state index is -0.325. The summed E-state index contributed by atoms with van der Waals surface area (Å²) in [6, 6.07) is 9.75. The Balaban J connectivity index is 1.77. The summed E-state index contributed by atoms with van der Waals surface area (Å²) in [5, 5.41) is 7.72. The van der Waals surface area contributed by atoms with E-state index < -0.39 is 0 Å². The second-order valence-electron chi connectivity index (χ2n) is 5.05. The molecular weight excluding hydrogens is 360 g/mol. The fraction of sp³-hybridized carbons (Fsp3) is 0.250. The molecule has 1 aromatic rings. The van der Waals surface area contributed by atoms with Gasteiger partial charge in [-0.25, -0.2) is 10.9 Å². The number of carbonyl (C=O) groups excluding carboxylic acids is 2. The molecule has 7 heteroatoms. The summed E-state index contributed by atoms with van der Waals surface area (Å²) >= 11 is 3.37. The maximum absolute atomic E-state index is 11.7. The van der Waals surface area contributed by atoms with Gasteiger partial charge in [0.1, 0.15) is 0 Å². The lowest BCUT2D eigenvalue weighted by molar-refractivity contribution is -0.123. The van der Waals surface area contributed by atoms with Crippen LogP contribution in [0.4, 0.5) is 0 Å². The van der Waals surface area contributed by atoms with Crippen LogP contribution in [0.15, 0.2) is 45.0 Å². The zero-order valence-corrected chi connectivity index (χ0v) is 14.2. The molecule has 0 saturated carbocycles. The number of amides is 2. The van der Waals surface area contributed by atoms with Gasteiger partial charge in [-0.15, -0.1) is 0 Å². The number of nitrogens with zero attached hydrogens (tertiary/aromatic N) is 2. The van der Waals surface area contributed by atoms with Crippen LogP contribution >= 0.6 is 15.9 Å². The summed E-state index contributed by atoms with van der Waals surface area (Å²) in [4.78, 5) is 23.2. The zero-order chi connectivity index (χ0) is 16.7. The molecule has 0 aromatic heterocycles. The predicted molar refractivity (Wildman–Crippen MR) is 94.0 cm³/mol. The average Bonchev–Trinajstić information content (AvgIpc) is 2.85. The van der Waals surface area contributed by atoms with Crippen LogP contribution in [0.3, 0.4) is 0 Å². The van der Waals surface area contributed by atoms with Gasteiger partial charge in [0.25, 0.3) is 0 Å². The molecule has 0 radical (unpaired) electrons. The van der Waals surface area contributed by atoms with Crippen molar-refractivity contribution in [1.82, 2.24) is 10.9 Å². The van der Waals surface area contributed by atoms with E-state index in [4.69, 9.17) is 0 Å². The van der Waals surface area contributed by atoms with Crippen molar-refractivity contribution in [3.8, 4) is 0 Å². The molecule has 0 fully saturated rings. The van der Waals surface area contributed by atoms with E-state index in [1.54, 1.807) is 6.92 Å². The molecular formula is C16H17BrN4O2. The topological polar surface area (TPSA) is 82.9 Å². The third kappa shape index (κ3) is 5.45. The number of rotatable bonds is 6. The fourth-order valence-electron chi connectivity index (χ4n) is 2.07. The molecule has 1 aliphatic heterocycles. The molecule has 0 saturated heterocycles. The van der Waals surface area contributed by atoms with Gasteiger partial charge in [-0.1, -0.05) is 30.3 Å². The average molecular weight is 377 g/mol. The van der Waals surface area contributed by atoms with Crippen molar-refractivity contribution in [2.45, 2.75) is 19.8 Å². The van der Waals surface area contributed by atoms with Gasteiger partial charge in [-0.2, -0.15) is 10.2 Å². The van der Waals surface area contributed by atoms with Crippen molar-refractivity contribution in [3.63, 3.8) is 0 Å². The molecule has 1 aliphatic rings. The van der Waals surface area contributed by atoms with E-state index in [1.165, 1.54) is 6.21 Å². The van der Waals surface area contributed by atoms with Gasteiger partial charge in [0.2, 0.25) is 11.8 Å². The summed E-state index contributed by atoms with van der Waals surface area (Å²) in [7, 11) is 0. The molecule has 1 aromatic carbocycles. The van der Waals surface area contributed by atoms with Gasteiger partial charge >= 0.3 is 0 Å². The molecule has 2 rings (SSSR count). The van der Waals surface area contributed by atoms with E-state index in [2.05, 4.69) is 37.0 Å². The Bertz CT molecular complexity index is 668. The van der Waals surface area contributed by atoms with Crippen LogP contribution < -0.4 is 10.9 Å². The number of halogens is 1. The summed E-state index contributed by atoms with van der Waals surface area (Å²) in [5.41, 5.74) is 6.57. The summed E-state index contributed by atoms with van der Waals surface area (Å²) in [5.74, 6) is -0.726. The number of hydrazone groups is 2. The second kappa shape index (κ2) is 8.38. The van der Waals surface area contributed by atoms with Crippen LogP contribution in [0, 0.1) is 5.92 Å². The third-order valence-electron chi connectivity index (χ3n) is 3.30. The van der Waals surface area contributed by atoms with Gasteiger partial charge in [0.05, 0.1) is 12.1 Å². The molecule has 23 heavy (non-hydrogen) atoms. The second-order valence-corrected chi connectivity index (χ2v) is 5.97. The van der Waals surface area contributed by atoms with Crippen molar-refractivity contribution < 1.29 is 9.59 Å². The van der Waals surface area contributed by atoms with Crippen LogP contribution in [0.5, 0.6) is 0 Å². The van der Waals surface area contributed by atoms with E-state index in [-0.39, 0.29) is 24.2 Å². The Morgan fingerprint density at radius 2 is 2.17 bits per heavy atom. The first-order valence-corrected chi connectivity index (χ1v) is 7.94. The molecule has 0 aliphatic carbocycles. The molecule has 2 amide bonds. The highest BCUT2D eigenvalue weighted by Gasteiger charge is 2.26. The Kier molecular flexibility index (Phi) is 6.22. The lowest BCUT2D eigenvalue weighted by Gasteiger charge is -2.06. The number of hydrogen-bond acceptors (Lipinski definition) is 4. The summed E-state index contributed by atoms with van der Waals surface area (Å²) in [6.45, 7) is 1.77.